The molecule has 136 valence electrons. The second-order valence-electron chi connectivity index (χ2n) is 5.29. The first kappa shape index (κ1) is 21.8. The minimum Gasteiger partial charge on any atom is -0.394 e. The maximum absolute atomic E-state index is 10.5. The number of aliphatic hydroxyl groups excluding tert-OH is 5. The minimum absolute atomic E-state index is 0.0333. The van der Waals surface area contributed by atoms with Crippen molar-refractivity contribution < 1.29 is 35.1 Å². The van der Waals surface area contributed by atoms with Gasteiger partial charge in [-0.3, -0.25) is 9.80 Å². The van der Waals surface area contributed by atoms with Crippen LogP contribution in [0.5, 0.6) is 0 Å². The summed E-state index contributed by atoms with van der Waals surface area (Å²) in [5, 5.41) is 48.4. The first-order valence-electron chi connectivity index (χ1n) is 6.95. The quantitative estimate of drug-likeness (QED) is 0.211. The number of hydrogen-bond acceptors (Lipinski definition) is 10. The largest absolute Gasteiger partial charge is 0.394 e. The maximum atomic E-state index is 10.5. The van der Waals surface area contributed by atoms with Gasteiger partial charge in [-0.15, -0.1) is 4.91 Å². The van der Waals surface area contributed by atoms with Gasteiger partial charge in [0.15, 0.2) is 12.1 Å². The molecule has 11 nitrogen and oxygen atoms in total. The number of aliphatic hydroxyl groups is 5. The van der Waals surface area contributed by atoms with Crippen molar-refractivity contribution in [2.75, 3.05) is 19.7 Å². The lowest BCUT2D eigenvalue weighted by atomic mass is 9.98. The molecule has 1 aliphatic rings. The molecule has 6 atom stereocenters. The lowest BCUT2D eigenvalue weighted by molar-refractivity contribution is -0.248. The van der Waals surface area contributed by atoms with Crippen LogP contribution in [0.4, 0.5) is 0 Å². The van der Waals surface area contributed by atoms with Gasteiger partial charge >= 0.3 is 0 Å². The third-order valence-corrected chi connectivity index (χ3v) is 2.94. The van der Waals surface area contributed by atoms with Crippen molar-refractivity contribution in [2.45, 2.75) is 50.6 Å². The van der Waals surface area contributed by atoms with Crippen LogP contribution in [0.25, 0.3) is 0 Å². The Kier molecular flexibility index (Phi) is 9.99. The lowest BCUT2D eigenvalue weighted by Crippen LogP contribution is -2.61. The monoisotopic (exact) mass is 339 g/mol. The Bertz CT molecular complexity index is 365. The Morgan fingerprint density at radius 1 is 1.35 bits per heavy atom. The normalized spacial score (nSPS) is 31.6. The van der Waals surface area contributed by atoms with Crippen LogP contribution in [0, 0.1) is 4.91 Å². The van der Waals surface area contributed by atoms with Gasteiger partial charge in [-0.1, -0.05) is 0 Å². The molecular formula is C12H25N3O8. The second kappa shape index (κ2) is 10.5. The van der Waals surface area contributed by atoms with Crippen molar-refractivity contribution in [3.05, 3.63) is 4.91 Å². The van der Waals surface area contributed by atoms with Crippen LogP contribution in [0.1, 0.15) is 13.8 Å². The Morgan fingerprint density at radius 3 is 2.30 bits per heavy atom. The molecule has 1 aliphatic heterocycles. The van der Waals surface area contributed by atoms with Crippen molar-refractivity contribution in [2.24, 2.45) is 11.0 Å². The van der Waals surface area contributed by atoms with Crippen LogP contribution in [0.2, 0.25) is 0 Å². The van der Waals surface area contributed by atoms with Gasteiger partial charge in [0.1, 0.15) is 18.3 Å². The van der Waals surface area contributed by atoms with Crippen molar-refractivity contribution in [3.63, 3.8) is 0 Å². The van der Waals surface area contributed by atoms with E-state index < -0.39 is 43.4 Å². The number of rotatable bonds is 6. The Labute approximate surface area is 133 Å². The van der Waals surface area contributed by atoms with E-state index in [0.717, 1.165) is 5.01 Å². The topological polar surface area (TPSA) is 186 Å². The van der Waals surface area contributed by atoms with Gasteiger partial charge in [-0.05, 0) is 13.8 Å². The summed E-state index contributed by atoms with van der Waals surface area (Å²) in [4.78, 5) is 20.5. The third-order valence-electron chi connectivity index (χ3n) is 2.94. The van der Waals surface area contributed by atoms with Gasteiger partial charge in [0, 0.05) is 0 Å². The Morgan fingerprint density at radius 2 is 1.91 bits per heavy atom. The number of Topliss-reactive ketones (excluding diaryl/α,β-unsaturated/α-hetero) is 1. The average molecular weight is 339 g/mol. The van der Waals surface area contributed by atoms with E-state index in [4.69, 9.17) is 25.8 Å². The summed E-state index contributed by atoms with van der Waals surface area (Å²) in [7, 11) is 0. The lowest BCUT2D eigenvalue weighted by Gasteiger charge is -2.38. The van der Waals surface area contributed by atoms with Gasteiger partial charge in [0.25, 0.3) is 0 Å². The molecule has 0 spiro atoms. The van der Waals surface area contributed by atoms with Gasteiger partial charge in [0.05, 0.1) is 37.1 Å². The first-order valence-corrected chi connectivity index (χ1v) is 6.95. The summed E-state index contributed by atoms with van der Waals surface area (Å²) in [5.41, 5.74) is 5.26. The predicted molar refractivity (Wildman–Crippen MR) is 77.7 cm³/mol. The highest BCUT2D eigenvalue weighted by molar-refractivity contribution is 5.77. The van der Waals surface area contributed by atoms with E-state index in [1.165, 1.54) is 13.8 Å². The number of carbonyl (C=O) groups excluding carboxylic acids is 1. The van der Waals surface area contributed by atoms with Gasteiger partial charge in [-0.25, -0.2) is 0 Å². The van der Waals surface area contributed by atoms with Crippen LogP contribution >= 0.6 is 0 Å². The van der Waals surface area contributed by atoms with Crippen molar-refractivity contribution >= 4 is 5.78 Å². The molecule has 0 aromatic carbocycles. The maximum Gasteiger partial charge on any atom is 0.173 e. The molecule has 0 aliphatic carbocycles. The molecule has 0 bridgehead atoms. The standard InChI is InChI=1S/C6H12N2O3.C6H13NO5/c1-5(9)3-8(7-11)4-6(2)10;7-3-5(10)4(9)2(1-8)12-6(3)11/h5,9H,3-4H2,1-2H3;2-6,8-11H,1,7H2/t;2-,3-,4-,5-,6?/m.1/s1. The zero-order valence-electron chi connectivity index (χ0n) is 13.0. The predicted octanol–water partition coefficient (Wildman–Crippen LogP) is -3.32. The highest BCUT2D eigenvalue weighted by atomic mass is 16.6. The Hall–Kier alpha value is -1.21. The first-order chi connectivity index (χ1) is 10.6. The van der Waals surface area contributed by atoms with E-state index in [2.05, 4.69) is 5.29 Å². The number of ether oxygens (including phenoxy) is 1. The summed E-state index contributed by atoms with van der Waals surface area (Å²) >= 11 is 0. The molecule has 0 radical (unpaired) electrons. The zero-order valence-corrected chi connectivity index (χ0v) is 13.0. The second-order valence-corrected chi connectivity index (χ2v) is 5.29. The van der Waals surface area contributed by atoms with Gasteiger partial charge in [0.2, 0.25) is 0 Å². The average Bonchev–Trinajstić information content (AvgIpc) is 2.47. The summed E-state index contributed by atoms with van der Waals surface area (Å²) in [5.74, 6) is -0.148. The molecule has 2 unspecified atom stereocenters. The number of ketones is 1. The third kappa shape index (κ3) is 7.74. The molecule has 0 aromatic heterocycles. The van der Waals surface area contributed by atoms with E-state index >= 15 is 0 Å². The molecule has 0 amide bonds. The number of hydrogen-bond donors (Lipinski definition) is 6. The fourth-order valence-corrected chi connectivity index (χ4v) is 1.81. The molecule has 23 heavy (non-hydrogen) atoms. The molecule has 7 N–H and O–H groups in total. The summed E-state index contributed by atoms with van der Waals surface area (Å²) < 4.78 is 4.70. The molecule has 1 fully saturated rings. The molecular weight excluding hydrogens is 314 g/mol. The number of nitroso groups, excluding NO2 is 1. The highest BCUT2D eigenvalue weighted by Gasteiger charge is 2.41. The van der Waals surface area contributed by atoms with E-state index in [-0.39, 0.29) is 18.9 Å². The van der Waals surface area contributed by atoms with Gasteiger partial charge in [-0.2, -0.15) is 0 Å². The van der Waals surface area contributed by atoms with Crippen LogP contribution < -0.4 is 5.73 Å². The summed E-state index contributed by atoms with van der Waals surface area (Å²) in [6, 6.07) is -1.04. The van der Waals surface area contributed by atoms with E-state index in [9.17, 15) is 19.9 Å². The number of nitrogens with two attached hydrogens (primary N) is 1. The van der Waals surface area contributed by atoms with Crippen molar-refractivity contribution in [1.29, 1.82) is 0 Å². The molecule has 1 rings (SSSR count). The van der Waals surface area contributed by atoms with Gasteiger partial charge < -0.3 is 36.0 Å². The smallest absolute Gasteiger partial charge is 0.173 e. The molecule has 1 heterocycles. The number of nitrogens with zero attached hydrogens (tertiary/aromatic N) is 2. The fourth-order valence-electron chi connectivity index (χ4n) is 1.81. The zero-order chi connectivity index (χ0) is 18.2. The number of carbonyl (C=O) groups is 1. The van der Waals surface area contributed by atoms with Crippen LogP contribution in [-0.2, 0) is 9.53 Å². The van der Waals surface area contributed by atoms with E-state index in [1.807, 2.05) is 0 Å². The summed E-state index contributed by atoms with van der Waals surface area (Å²) in [6.07, 6.45) is -5.50. The molecule has 0 aromatic rings. The SMILES string of the molecule is CC(=O)CN(CC(C)O)N=O.N[C@H]1C(O)O[C@H](CO)[C@@H](O)[C@@H]1O. The van der Waals surface area contributed by atoms with Crippen LogP contribution in [0.3, 0.4) is 0 Å². The van der Waals surface area contributed by atoms with Crippen molar-refractivity contribution in [1.82, 2.24) is 5.01 Å². The highest BCUT2D eigenvalue weighted by Crippen LogP contribution is 2.17. The van der Waals surface area contributed by atoms with E-state index in [0.29, 0.717) is 0 Å². The Balaban J connectivity index is 0.000000423. The summed E-state index contributed by atoms with van der Waals surface area (Å²) in [6.45, 7) is 2.48. The van der Waals surface area contributed by atoms with Crippen LogP contribution in [0.15, 0.2) is 5.29 Å². The molecule has 1 saturated heterocycles. The molecule has 0 saturated carbocycles. The van der Waals surface area contributed by atoms with Crippen LogP contribution in [-0.4, -0.2) is 92.8 Å². The minimum atomic E-state index is -1.35. The fraction of sp³-hybridized carbons (Fsp3) is 0.917. The van der Waals surface area contributed by atoms with E-state index in [1.54, 1.807) is 0 Å². The van der Waals surface area contributed by atoms with Crippen molar-refractivity contribution in [3.8, 4) is 0 Å². The molecule has 11 heteroatoms.